The van der Waals surface area contributed by atoms with Gasteiger partial charge in [-0.15, -0.1) is 0 Å². The summed E-state index contributed by atoms with van der Waals surface area (Å²) in [4.78, 5) is 4.19. The van der Waals surface area contributed by atoms with Gasteiger partial charge in [0.25, 0.3) is 0 Å². The van der Waals surface area contributed by atoms with Gasteiger partial charge in [-0.3, -0.25) is 0 Å². The van der Waals surface area contributed by atoms with Crippen molar-refractivity contribution in [2.75, 3.05) is 19.0 Å². The second kappa shape index (κ2) is 4.87. The van der Waals surface area contributed by atoms with Crippen LogP contribution in [0.1, 0.15) is 13.8 Å². The predicted octanol–water partition coefficient (Wildman–Crippen LogP) is 1.35. The molecule has 1 aromatic rings. The molecule has 4 nitrogen and oxygen atoms in total. The number of hydrogen-bond acceptors (Lipinski definition) is 3. The van der Waals surface area contributed by atoms with Crippen LogP contribution < -0.4 is 5.32 Å². The lowest BCUT2D eigenvalue weighted by molar-refractivity contribution is 0.128. The molecular formula is C9H17N3O. The van der Waals surface area contributed by atoms with Gasteiger partial charge in [0.15, 0.2) is 0 Å². The summed E-state index contributed by atoms with van der Waals surface area (Å²) in [6, 6.07) is 0. The zero-order chi connectivity index (χ0) is 9.68. The van der Waals surface area contributed by atoms with Gasteiger partial charge in [0.2, 0.25) is 5.95 Å². The Labute approximate surface area is 78.9 Å². The predicted molar refractivity (Wildman–Crippen MR) is 52.9 cm³/mol. The maximum atomic E-state index is 5.12. The van der Waals surface area contributed by atoms with E-state index in [4.69, 9.17) is 4.74 Å². The zero-order valence-electron chi connectivity index (χ0n) is 8.45. The van der Waals surface area contributed by atoms with Crippen LogP contribution in [0.4, 0.5) is 5.95 Å². The minimum atomic E-state index is 0.210. The molecule has 13 heavy (non-hydrogen) atoms. The highest BCUT2D eigenvalue weighted by atomic mass is 16.5. The molecule has 0 fully saturated rings. The van der Waals surface area contributed by atoms with Crippen LogP contribution in [-0.2, 0) is 11.3 Å². The van der Waals surface area contributed by atoms with E-state index < -0.39 is 0 Å². The van der Waals surface area contributed by atoms with Gasteiger partial charge in [0.05, 0.1) is 6.10 Å². The van der Waals surface area contributed by atoms with Crippen molar-refractivity contribution in [2.45, 2.75) is 26.5 Å². The van der Waals surface area contributed by atoms with Crippen molar-refractivity contribution in [1.29, 1.82) is 0 Å². The van der Waals surface area contributed by atoms with Crippen LogP contribution in [0.2, 0.25) is 0 Å². The van der Waals surface area contributed by atoms with Gasteiger partial charge in [-0.2, -0.15) is 0 Å². The molecule has 4 heteroatoms. The van der Waals surface area contributed by atoms with E-state index in [1.54, 1.807) is 13.3 Å². The van der Waals surface area contributed by atoms with Gasteiger partial charge < -0.3 is 14.6 Å². The minimum Gasteiger partial charge on any atom is -0.380 e. The molecule has 0 aliphatic heterocycles. The average molecular weight is 183 g/mol. The summed E-state index contributed by atoms with van der Waals surface area (Å²) in [5.41, 5.74) is 0. The Morgan fingerprint density at radius 2 is 2.46 bits per heavy atom. The lowest BCUT2D eigenvalue weighted by atomic mass is 10.4. The van der Waals surface area contributed by atoms with Gasteiger partial charge in [-0.05, 0) is 13.8 Å². The topological polar surface area (TPSA) is 39.1 Å². The molecule has 0 saturated heterocycles. The van der Waals surface area contributed by atoms with E-state index >= 15 is 0 Å². The van der Waals surface area contributed by atoms with E-state index in [1.807, 2.05) is 13.1 Å². The summed E-state index contributed by atoms with van der Waals surface area (Å²) < 4.78 is 7.18. The fraction of sp³-hybridized carbons (Fsp3) is 0.667. The normalized spacial score (nSPS) is 12.8. The molecule has 0 aromatic carbocycles. The number of ether oxygens (including phenoxy) is 1. The van der Waals surface area contributed by atoms with Crippen LogP contribution >= 0.6 is 0 Å². The summed E-state index contributed by atoms with van der Waals surface area (Å²) >= 11 is 0. The Balaban J connectivity index is 2.44. The average Bonchev–Trinajstić information content (AvgIpc) is 2.61. The standard InChI is InChI=1S/C9H17N3O/c1-4-12-6-5-10-9(12)11-7-8(2)13-3/h5-6,8H,4,7H2,1-3H3,(H,10,11). The Kier molecular flexibility index (Phi) is 3.76. The van der Waals surface area contributed by atoms with Crippen LogP contribution in [0.25, 0.3) is 0 Å². The third-order valence-electron chi connectivity index (χ3n) is 2.01. The largest absolute Gasteiger partial charge is 0.380 e. The van der Waals surface area contributed by atoms with Crippen molar-refractivity contribution in [3.8, 4) is 0 Å². The fourth-order valence-electron chi connectivity index (χ4n) is 1.05. The van der Waals surface area contributed by atoms with Crippen molar-refractivity contribution < 1.29 is 4.74 Å². The van der Waals surface area contributed by atoms with Gasteiger partial charge in [0.1, 0.15) is 0 Å². The van der Waals surface area contributed by atoms with E-state index in [-0.39, 0.29) is 6.10 Å². The number of aromatic nitrogens is 2. The monoisotopic (exact) mass is 183 g/mol. The molecule has 0 aliphatic carbocycles. The van der Waals surface area contributed by atoms with Crippen LogP contribution in [0.5, 0.6) is 0 Å². The third kappa shape index (κ3) is 2.73. The van der Waals surface area contributed by atoms with E-state index in [2.05, 4.69) is 21.8 Å². The quantitative estimate of drug-likeness (QED) is 0.749. The molecule has 0 spiro atoms. The van der Waals surface area contributed by atoms with Gasteiger partial charge in [0, 0.05) is 32.6 Å². The summed E-state index contributed by atoms with van der Waals surface area (Å²) in [5.74, 6) is 0.909. The van der Waals surface area contributed by atoms with Gasteiger partial charge >= 0.3 is 0 Å². The summed E-state index contributed by atoms with van der Waals surface area (Å²) in [6.45, 7) is 5.83. The third-order valence-corrected chi connectivity index (χ3v) is 2.01. The van der Waals surface area contributed by atoms with Crippen LogP contribution in [0.3, 0.4) is 0 Å². The maximum Gasteiger partial charge on any atom is 0.202 e. The molecule has 0 aliphatic rings. The molecular weight excluding hydrogens is 166 g/mol. The molecule has 1 aromatic heterocycles. The highest BCUT2D eigenvalue weighted by Crippen LogP contribution is 2.03. The van der Waals surface area contributed by atoms with E-state index in [0.29, 0.717) is 0 Å². The van der Waals surface area contributed by atoms with Crippen molar-refractivity contribution in [3.05, 3.63) is 12.4 Å². The van der Waals surface area contributed by atoms with Gasteiger partial charge in [-0.1, -0.05) is 0 Å². The molecule has 1 heterocycles. The maximum absolute atomic E-state index is 5.12. The van der Waals surface area contributed by atoms with Crippen LogP contribution in [0.15, 0.2) is 12.4 Å². The lowest BCUT2D eigenvalue weighted by Crippen LogP contribution is -2.20. The second-order valence-corrected chi connectivity index (χ2v) is 2.96. The SMILES string of the molecule is CCn1ccnc1NCC(C)OC. The number of aryl methyl sites for hydroxylation is 1. The first-order valence-corrected chi connectivity index (χ1v) is 4.55. The number of imidazole rings is 1. The van der Waals surface area contributed by atoms with E-state index in [9.17, 15) is 0 Å². The number of nitrogens with one attached hydrogen (secondary N) is 1. The molecule has 0 radical (unpaired) electrons. The summed E-state index contributed by atoms with van der Waals surface area (Å²) in [6.07, 6.45) is 3.96. The zero-order valence-corrected chi connectivity index (χ0v) is 8.45. The number of anilines is 1. The minimum absolute atomic E-state index is 0.210. The van der Waals surface area contributed by atoms with Crippen molar-refractivity contribution in [2.24, 2.45) is 0 Å². The van der Waals surface area contributed by atoms with Crippen molar-refractivity contribution in [3.63, 3.8) is 0 Å². The first kappa shape index (κ1) is 10.1. The first-order chi connectivity index (χ1) is 6.27. The molecule has 0 bridgehead atoms. The molecule has 0 amide bonds. The number of methoxy groups -OCH3 is 1. The molecule has 1 atom stereocenters. The van der Waals surface area contributed by atoms with Crippen molar-refractivity contribution >= 4 is 5.95 Å². The Bertz CT molecular complexity index is 247. The smallest absolute Gasteiger partial charge is 0.202 e. The highest BCUT2D eigenvalue weighted by molar-refractivity contribution is 5.25. The van der Waals surface area contributed by atoms with Crippen molar-refractivity contribution in [1.82, 2.24) is 9.55 Å². The summed E-state index contributed by atoms with van der Waals surface area (Å²) in [7, 11) is 1.71. The Morgan fingerprint density at radius 3 is 3.08 bits per heavy atom. The molecule has 74 valence electrons. The Morgan fingerprint density at radius 1 is 1.69 bits per heavy atom. The number of hydrogen-bond donors (Lipinski definition) is 1. The molecule has 1 unspecified atom stereocenters. The molecule has 1 rings (SSSR count). The number of rotatable bonds is 5. The fourth-order valence-corrected chi connectivity index (χ4v) is 1.05. The Hall–Kier alpha value is -1.03. The number of nitrogens with zero attached hydrogens (tertiary/aromatic N) is 2. The summed E-state index contributed by atoms with van der Waals surface area (Å²) in [5, 5.41) is 3.22. The van der Waals surface area contributed by atoms with E-state index in [0.717, 1.165) is 19.0 Å². The molecule has 0 saturated carbocycles. The first-order valence-electron chi connectivity index (χ1n) is 4.55. The highest BCUT2D eigenvalue weighted by Gasteiger charge is 2.02. The lowest BCUT2D eigenvalue weighted by Gasteiger charge is -2.11. The van der Waals surface area contributed by atoms with Crippen LogP contribution in [-0.4, -0.2) is 29.3 Å². The van der Waals surface area contributed by atoms with E-state index in [1.165, 1.54) is 0 Å². The second-order valence-electron chi connectivity index (χ2n) is 2.96. The van der Waals surface area contributed by atoms with Gasteiger partial charge in [-0.25, -0.2) is 4.98 Å². The molecule has 1 N–H and O–H groups in total. The van der Waals surface area contributed by atoms with Crippen LogP contribution in [0, 0.1) is 0 Å².